The van der Waals surface area contributed by atoms with Gasteiger partial charge in [0, 0.05) is 36.7 Å². The van der Waals surface area contributed by atoms with Crippen molar-refractivity contribution < 1.29 is 4.79 Å². The Hall–Kier alpha value is -2.57. The van der Waals surface area contributed by atoms with Crippen molar-refractivity contribution in [1.82, 2.24) is 9.97 Å². The number of carbonyl (C=O) groups excluding carboxylic acids is 1. The van der Waals surface area contributed by atoms with Crippen molar-refractivity contribution in [3.05, 3.63) is 75.9 Å². The van der Waals surface area contributed by atoms with E-state index < -0.39 is 0 Å². The van der Waals surface area contributed by atoms with Gasteiger partial charge in [-0.3, -0.25) is 4.79 Å². The highest BCUT2D eigenvalue weighted by Gasteiger charge is 2.10. The van der Waals surface area contributed by atoms with Crippen LogP contribution in [0.15, 0.2) is 53.7 Å². The second-order valence-electron chi connectivity index (χ2n) is 7.49. The maximum absolute atomic E-state index is 12.5. The third-order valence-corrected chi connectivity index (χ3v) is 6.07. The summed E-state index contributed by atoms with van der Waals surface area (Å²) in [4.78, 5) is 23.5. The number of aromatic nitrogens is 2. The van der Waals surface area contributed by atoms with E-state index in [-0.39, 0.29) is 5.91 Å². The van der Waals surface area contributed by atoms with Crippen molar-refractivity contribution >= 4 is 40.8 Å². The van der Waals surface area contributed by atoms with Crippen LogP contribution in [0.25, 0.3) is 0 Å². The third-order valence-electron chi connectivity index (χ3n) is 4.96. The molecule has 0 unspecified atom stereocenters. The van der Waals surface area contributed by atoms with Gasteiger partial charge < -0.3 is 10.2 Å². The van der Waals surface area contributed by atoms with Crippen LogP contribution in [0.5, 0.6) is 0 Å². The minimum atomic E-state index is -0.121. The van der Waals surface area contributed by atoms with E-state index in [9.17, 15) is 4.79 Å². The van der Waals surface area contributed by atoms with E-state index in [1.165, 1.54) is 17.3 Å². The first-order chi connectivity index (χ1) is 14.9. The van der Waals surface area contributed by atoms with Crippen molar-refractivity contribution in [2.75, 3.05) is 23.8 Å². The summed E-state index contributed by atoms with van der Waals surface area (Å²) in [6.45, 7) is 7.12. The fourth-order valence-corrected chi connectivity index (χ4v) is 4.06. The molecular weight excluding hydrogens is 428 g/mol. The summed E-state index contributed by atoms with van der Waals surface area (Å²) in [7, 11) is 2.00. The molecule has 0 saturated carbocycles. The minimum absolute atomic E-state index is 0.121. The molecule has 7 heteroatoms. The van der Waals surface area contributed by atoms with Crippen molar-refractivity contribution in [3.63, 3.8) is 0 Å². The van der Waals surface area contributed by atoms with Gasteiger partial charge in [-0.15, -0.1) is 0 Å². The lowest BCUT2D eigenvalue weighted by molar-refractivity contribution is 0.102. The zero-order valence-electron chi connectivity index (χ0n) is 18.3. The summed E-state index contributed by atoms with van der Waals surface area (Å²) in [5.41, 5.74) is 4.86. The van der Waals surface area contributed by atoms with Crippen molar-refractivity contribution in [2.45, 2.75) is 38.1 Å². The van der Waals surface area contributed by atoms with E-state index in [2.05, 4.69) is 34.0 Å². The number of amides is 1. The lowest BCUT2D eigenvalue weighted by Gasteiger charge is -2.17. The lowest BCUT2D eigenvalue weighted by Crippen LogP contribution is -2.19. The molecule has 3 rings (SSSR count). The standard InChI is InChI=1S/C24H27ClN4OS/c1-5-12-29(4)22-14-21(25)27-24(28-22)31-15-18-7-9-19(10-8-18)23(30)26-20-11-6-16(2)17(3)13-20/h6-11,13-14H,5,12,15H2,1-4H3,(H,26,30). The highest BCUT2D eigenvalue weighted by Crippen LogP contribution is 2.24. The fourth-order valence-electron chi connectivity index (χ4n) is 3.02. The van der Waals surface area contributed by atoms with Gasteiger partial charge in [0.15, 0.2) is 5.16 Å². The molecule has 0 spiro atoms. The number of aryl methyl sites for hydroxylation is 2. The van der Waals surface area contributed by atoms with Crippen LogP contribution in [-0.2, 0) is 5.75 Å². The van der Waals surface area contributed by atoms with Crippen LogP contribution in [0, 0.1) is 13.8 Å². The highest BCUT2D eigenvalue weighted by atomic mass is 35.5. The number of rotatable bonds is 8. The van der Waals surface area contributed by atoms with Gasteiger partial charge in [0.1, 0.15) is 11.0 Å². The molecule has 0 atom stereocenters. The van der Waals surface area contributed by atoms with Crippen LogP contribution < -0.4 is 10.2 Å². The smallest absolute Gasteiger partial charge is 0.255 e. The minimum Gasteiger partial charge on any atom is -0.360 e. The van der Waals surface area contributed by atoms with Crippen LogP contribution in [0.2, 0.25) is 5.15 Å². The average Bonchev–Trinajstić information content (AvgIpc) is 2.75. The third kappa shape index (κ3) is 6.45. The van der Waals surface area contributed by atoms with Gasteiger partial charge in [0.25, 0.3) is 5.91 Å². The first-order valence-electron chi connectivity index (χ1n) is 10.2. The first-order valence-corrected chi connectivity index (χ1v) is 11.6. The Labute approximate surface area is 193 Å². The monoisotopic (exact) mass is 454 g/mol. The number of hydrogen-bond donors (Lipinski definition) is 1. The van der Waals surface area contributed by atoms with E-state index in [4.69, 9.17) is 11.6 Å². The summed E-state index contributed by atoms with van der Waals surface area (Å²) in [5, 5.41) is 4.03. The Bertz CT molecular complexity index is 1060. The average molecular weight is 455 g/mol. The number of thioether (sulfide) groups is 1. The Morgan fingerprint density at radius 2 is 1.81 bits per heavy atom. The summed E-state index contributed by atoms with van der Waals surface area (Å²) < 4.78 is 0. The highest BCUT2D eigenvalue weighted by molar-refractivity contribution is 7.98. The van der Waals surface area contributed by atoms with Crippen molar-refractivity contribution in [2.24, 2.45) is 0 Å². The molecule has 0 aliphatic carbocycles. The molecular formula is C24H27ClN4OS. The van der Waals surface area contributed by atoms with Gasteiger partial charge in [-0.1, -0.05) is 48.5 Å². The maximum Gasteiger partial charge on any atom is 0.255 e. The van der Waals surface area contributed by atoms with E-state index in [1.54, 1.807) is 6.07 Å². The second kappa shape index (κ2) is 10.6. The molecule has 3 aromatic rings. The number of nitrogens with zero attached hydrogens (tertiary/aromatic N) is 3. The van der Waals surface area contributed by atoms with Gasteiger partial charge in [-0.25, -0.2) is 9.97 Å². The summed E-state index contributed by atoms with van der Waals surface area (Å²) in [6.07, 6.45) is 1.03. The number of hydrogen-bond acceptors (Lipinski definition) is 5. The Morgan fingerprint density at radius 1 is 1.06 bits per heavy atom. The van der Waals surface area contributed by atoms with Crippen LogP contribution in [-0.4, -0.2) is 29.5 Å². The van der Waals surface area contributed by atoms with Gasteiger partial charge in [0.2, 0.25) is 0 Å². The van der Waals surface area contributed by atoms with Gasteiger partial charge in [-0.05, 0) is 61.2 Å². The molecule has 2 aromatic carbocycles. The number of benzene rings is 2. The number of nitrogens with one attached hydrogen (secondary N) is 1. The number of halogens is 1. The lowest BCUT2D eigenvalue weighted by atomic mass is 10.1. The zero-order valence-corrected chi connectivity index (χ0v) is 19.8. The first kappa shape index (κ1) is 23.1. The predicted octanol–water partition coefficient (Wildman–Crippen LogP) is 6.14. The molecule has 0 saturated heterocycles. The van der Waals surface area contributed by atoms with E-state index in [0.29, 0.717) is 21.6 Å². The summed E-state index contributed by atoms with van der Waals surface area (Å²) >= 11 is 7.70. The van der Waals surface area contributed by atoms with Crippen LogP contribution in [0.4, 0.5) is 11.5 Å². The largest absolute Gasteiger partial charge is 0.360 e. The van der Waals surface area contributed by atoms with Crippen molar-refractivity contribution in [3.8, 4) is 0 Å². The van der Waals surface area contributed by atoms with Crippen LogP contribution in [0.1, 0.15) is 40.4 Å². The second-order valence-corrected chi connectivity index (χ2v) is 8.82. The maximum atomic E-state index is 12.5. The Balaban J connectivity index is 1.61. The molecule has 1 aromatic heterocycles. The molecule has 0 fully saturated rings. The Kier molecular flexibility index (Phi) is 7.93. The molecule has 1 N–H and O–H groups in total. The fraction of sp³-hybridized carbons (Fsp3) is 0.292. The molecule has 0 radical (unpaired) electrons. The number of carbonyl (C=O) groups is 1. The van der Waals surface area contributed by atoms with Crippen LogP contribution >= 0.6 is 23.4 Å². The SMILES string of the molecule is CCCN(C)c1cc(Cl)nc(SCc2ccc(C(=O)Nc3ccc(C)c(C)c3)cc2)n1. The van der Waals surface area contributed by atoms with E-state index in [0.717, 1.165) is 35.6 Å². The number of anilines is 2. The van der Waals surface area contributed by atoms with E-state index in [1.807, 2.05) is 56.4 Å². The Morgan fingerprint density at radius 3 is 2.48 bits per heavy atom. The van der Waals surface area contributed by atoms with Gasteiger partial charge in [0.05, 0.1) is 0 Å². The van der Waals surface area contributed by atoms with Gasteiger partial charge >= 0.3 is 0 Å². The molecule has 31 heavy (non-hydrogen) atoms. The molecule has 1 amide bonds. The molecule has 1 heterocycles. The molecule has 0 aliphatic heterocycles. The molecule has 162 valence electrons. The van der Waals surface area contributed by atoms with Crippen molar-refractivity contribution in [1.29, 1.82) is 0 Å². The summed E-state index contributed by atoms with van der Waals surface area (Å²) in [6, 6.07) is 15.3. The quantitative estimate of drug-likeness (QED) is 0.252. The van der Waals surface area contributed by atoms with Crippen LogP contribution in [0.3, 0.4) is 0 Å². The van der Waals surface area contributed by atoms with E-state index >= 15 is 0 Å². The normalized spacial score (nSPS) is 10.7. The summed E-state index contributed by atoms with van der Waals surface area (Å²) in [5.74, 6) is 1.39. The molecule has 0 bridgehead atoms. The topological polar surface area (TPSA) is 58.1 Å². The zero-order chi connectivity index (χ0) is 22.4. The predicted molar refractivity (Wildman–Crippen MR) is 130 cm³/mol. The van der Waals surface area contributed by atoms with Gasteiger partial charge in [-0.2, -0.15) is 0 Å². The molecule has 0 aliphatic rings. The molecule has 5 nitrogen and oxygen atoms in total.